The average molecular weight is 326 g/mol. The number of benzene rings is 1. The molecule has 0 atom stereocenters. The number of pyridine rings is 1. The predicted molar refractivity (Wildman–Crippen MR) is 97.6 cm³/mol. The first-order valence-electron chi connectivity index (χ1n) is 8.32. The van der Waals surface area contributed by atoms with Crippen molar-refractivity contribution >= 4 is 39.3 Å². The summed E-state index contributed by atoms with van der Waals surface area (Å²) in [6.45, 7) is 4.45. The van der Waals surface area contributed by atoms with Crippen molar-refractivity contribution in [2.45, 2.75) is 39.5 Å². The predicted octanol–water partition coefficient (Wildman–Crippen LogP) is 5.53. The van der Waals surface area contributed by atoms with Crippen molar-refractivity contribution in [2.24, 2.45) is 0 Å². The Kier molecular flexibility index (Phi) is 3.53. The zero-order valence-corrected chi connectivity index (χ0v) is 14.2. The summed E-state index contributed by atoms with van der Waals surface area (Å²) in [6, 6.07) is 8.48. The number of halogens is 1. The molecule has 4 aromatic rings. The van der Waals surface area contributed by atoms with E-state index in [0.29, 0.717) is 5.02 Å². The number of imidazole rings is 1. The van der Waals surface area contributed by atoms with E-state index in [-0.39, 0.29) is 0 Å². The van der Waals surface area contributed by atoms with Crippen molar-refractivity contribution in [3.05, 3.63) is 46.6 Å². The first-order valence-corrected chi connectivity index (χ1v) is 8.70. The monoisotopic (exact) mass is 325 g/mol. The van der Waals surface area contributed by atoms with E-state index in [2.05, 4.69) is 31.0 Å². The summed E-state index contributed by atoms with van der Waals surface area (Å²) in [5.74, 6) is 0. The number of aromatic amines is 1. The molecule has 0 spiro atoms. The molecule has 3 heterocycles. The molecule has 0 aliphatic carbocycles. The van der Waals surface area contributed by atoms with Crippen LogP contribution in [-0.2, 0) is 12.8 Å². The highest BCUT2D eigenvalue weighted by Crippen LogP contribution is 2.32. The molecule has 23 heavy (non-hydrogen) atoms. The van der Waals surface area contributed by atoms with Gasteiger partial charge in [-0.05, 0) is 42.2 Å². The van der Waals surface area contributed by atoms with Gasteiger partial charge in [-0.25, -0.2) is 4.98 Å². The van der Waals surface area contributed by atoms with E-state index in [1.807, 2.05) is 22.7 Å². The molecule has 1 aromatic carbocycles. The van der Waals surface area contributed by atoms with Gasteiger partial charge in [-0.2, -0.15) is 0 Å². The van der Waals surface area contributed by atoms with Crippen LogP contribution >= 0.6 is 11.6 Å². The SMILES string of the molecule is CCCc1cc(CCC)c2[nH]c3c(nc4c(Cl)cccn43)c2c1. The lowest BCUT2D eigenvalue weighted by Crippen LogP contribution is -1.92. The second-order valence-electron chi connectivity index (χ2n) is 6.16. The van der Waals surface area contributed by atoms with Gasteiger partial charge in [-0.3, -0.25) is 4.40 Å². The first kappa shape index (κ1) is 14.6. The highest BCUT2D eigenvalue weighted by Gasteiger charge is 2.15. The maximum Gasteiger partial charge on any atom is 0.157 e. The molecule has 0 fully saturated rings. The van der Waals surface area contributed by atoms with E-state index >= 15 is 0 Å². The largest absolute Gasteiger partial charge is 0.339 e. The van der Waals surface area contributed by atoms with Crippen LogP contribution in [0.4, 0.5) is 0 Å². The summed E-state index contributed by atoms with van der Waals surface area (Å²) < 4.78 is 2.05. The average Bonchev–Trinajstić information content (AvgIpc) is 3.06. The van der Waals surface area contributed by atoms with E-state index in [4.69, 9.17) is 16.6 Å². The van der Waals surface area contributed by atoms with E-state index in [1.165, 1.54) is 22.0 Å². The van der Waals surface area contributed by atoms with Crippen molar-refractivity contribution in [3.63, 3.8) is 0 Å². The summed E-state index contributed by atoms with van der Waals surface area (Å²) in [4.78, 5) is 8.40. The Balaban J connectivity index is 2.09. The smallest absolute Gasteiger partial charge is 0.157 e. The Morgan fingerprint density at radius 1 is 1.17 bits per heavy atom. The zero-order chi connectivity index (χ0) is 16.0. The molecule has 4 heteroatoms. The molecule has 118 valence electrons. The van der Waals surface area contributed by atoms with Crippen LogP contribution in [0.5, 0.6) is 0 Å². The molecule has 3 nitrogen and oxygen atoms in total. The van der Waals surface area contributed by atoms with Crippen molar-refractivity contribution in [1.29, 1.82) is 0 Å². The summed E-state index contributed by atoms with van der Waals surface area (Å²) >= 11 is 6.30. The highest BCUT2D eigenvalue weighted by molar-refractivity contribution is 6.33. The second kappa shape index (κ2) is 5.57. The molecule has 0 unspecified atom stereocenters. The molecular formula is C19H20ClN3. The van der Waals surface area contributed by atoms with Gasteiger partial charge in [0.2, 0.25) is 0 Å². The molecule has 0 aliphatic heterocycles. The number of nitrogens with zero attached hydrogens (tertiary/aromatic N) is 2. The Labute approximate surface area is 140 Å². The number of aryl methyl sites for hydroxylation is 2. The molecule has 0 amide bonds. The summed E-state index contributed by atoms with van der Waals surface area (Å²) in [6.07, 6.45) is 6.50. The minimum absolute atomic E-state index is 0.684. The molecule has 0 saturated heterocycles. The van der Waals surface area contributed by atoms with Gasteiger partial charge in [-0.15, -0.1) is 0 Å². The van der Waals surface area contributed by atoms with Gasteiger partial charge in [-0.1, -0.05) is 44.4 Å². The normalized spacial score (nSPS) is 12.0. The topological polar surface area (TPSA) is 33.1 Å². The Morgan fingerprint density at radius 3 is 2.78 bits per heavy atom. The van der Waals surface area contributed by atoms with Gasteiger partial charge < -0.3 is 4.98 Å². The summed E-state index contributed by atoms with van der Waals surface area (Å²) in [5.41, 5.74) is 6.87. The number of H-pyrrole nitrogens is 1. The molecule has 1 N–H and O–H groups in total. The maximum atomic E-state index is 6.30. The van der Waals surface area contributed by atoms with Crippen molar-refractivity contribution < 1.29 is 0 Å². The van der Waals surface area contributed by atoms with Crippen LogP contribution in [-0.4, -0.2) is 14.4 Å². The third-order valence-corrected chi connectivity index (χ3v) is 4.73. The summed E-state index contributed by atoms with van der Waals surface area (Å²) in [7, 11) is 0. The van der Waals surface area contributed by atoms with Gasteiger partial charge in [0, 0.05) is 11.6 Å². The molecule has 0 radical (unpaired) electrons. The van der Waals surface area contributed by atoms with Crippen LogP contribution < -0.4 is 0 Å². The zero-order valence-electron chi connectivity index (χ0n) is 13.5. The fourth-order valence-electron chi connectivity index (χ4n) is 3.46. The maximum absolute atomic E-state index is 6.30. The Morgan fingerprint density at radius 2 is 2.00 bits per heavy atom. The van der Waals surface area contributed by atoms with E-state index in [9.17, 15) is 0 Å². The fourth-order valence-corrected chi connectivity index (χ4v) is 3.67. The fraction of sp³-hybridized carbons (Fsp3) is 0.316. The first-order chi connectivity index (χ1) is 11.2. The van der Waals surface area contributed by atoms with Crippen LogP contribution in [0.3, 0.4) is 0 Å². The third-order valence-electron chi connectivity index (χ3n) is 4.44. The molecule has 0 saturated carbocycles. The number of hydrogen-bond donors (Lipinski definition) is 1. The van der Waals surface area contributed by atoms with Gasteiger partial charge in [0.1, 0.15) is 11.2 Å². The van der Waals surface area contributed by atoms with E-state index < -0.39 is 0 Å². The van der Waals surface area contributed by atoms with Crippen LogP contribution in [0.15, 0.2) is 30.5 Å². The lowest BCUT2D eigenvalue weighted by atomic mass is 10.0. The second-order valence-corrected chi connectivity index (χ2v) is 6.57. The molecule has 4 rings (SSSR count). The van der Waals surface area contributed by atoms with Gasteiger partial charge >= 0.3 is 0 Å². The number of aromatic nitrogens is 3. The van der Waals surface area contributed by atoms with Crippen molar-refractivity contribution in [3.8, 4) is 0 Å². The molecule has 0 bridgehead atoms. The van der Waals surface area contributed by atoms with E-state index in [1.54, 1.807) is 0 Å². The van der Waals surface area contributed by atoms with Crippen LogP contribution in [0.25, 0.3) is 27.7 Å². The quantitative estimate of drug-likeness (QED) is 0.526. The van der Waals surface area contributed by atoms with Crippen LogP contribution in [0.1, 0.15) is 37.8 Å². The lowest BCUT2D eigenvalue weighted by molar-refractivity contribution is 0.901. The number of fused-ring (bicyclic) bond motifs is 5. The molecule has 0 aliphatic rings. The lowest BCUT2D eigenvalue weighted by Gasteiger charge is -2.06. The number of nitrogens with one attached hydrogen (secondary N) is 1. The van der Waals surface area contributed by atoms with Gasteiger partial charge in [0.05, 0.1) is 10.5 Å². The molecular weight excluding hydrogens is 306 g/mol. The minimum atomic E-state index is 0.684. The Bertz CT molecular complexity index is 1010. The minimum Gasteiger partial charge on any atom is -0.339 e. The van der Waals surface area contributed by atoms with Crippen LogP contribution in [0.2, 0.25) is 5.02 Å². The number of hydrogen-bond acceptors (Lipinski definition) is 1. The Hall–Kier alpha value is -2.00. The van der Waals surface area contributed by atoms with Crippen molar-refractivity contribution in [1.82, 2.24) is 14.4 Å². The third kappa shape index (κ3) is 2.22. The standard InChI is InChI=1S/C19H20ClN3/c1-3-6-12-10-13(7-4-2)16-14(11-12)17-19(21-16)23-9-5-8-15(20)18(23)22-17/h5,8-11,21H,3-4,6-7H2,1-2H3. The van der Waals surface area contributed by atoms with Crippen molar-refractivity contribution in [2.75, 3.05) is 0 Å². The van der Waals surface area contributed by atoms with E-state index in [0.717, 1.165) is 42.5 Å². The number of rotatable bonds is 4. The van der Waals surface area contributed by atoms with Gasteiger partial charge in [0.15, 0.2) is 5.65 Å². The summed E-state index contributed by atoms with van der Waals surface area (Å²) in [5, 5.41) is 1.90. The highest BCUT2D eigenvalue weighted by atomic mass is 35.5. The molecule has 3 aromatic heterocycles. The van der Waals surface area contributed by atoms with Crippen LogP contribution in [0, 0.1) is 0 Å². The van der Waals surface area contributed by atoms with Gasteiger partial charge in [0.25, 0.3) is 0 Å².